The number of halogens is 2. The summed E-state index contributed by atoms with van der Waals surface area (Å²) in [5.41, 5.74) is 12.4. The minimum Gasteiger partial charge on any atom is -0.487 e. The number of nitrogen functional groups attached to an aromatic ring is 1. The molecule has 0 saturated carbocycles. The standard InChI is InChI=1S/C26H18Br2N4O/c1-14-18(23-15(2)20(12-30)26(31)32-24(23)19(14)11-29)8-17-9-21(27)25(22(28)10-17)33-13-16-6-4-3-5-7-16/h3-10H,13H2,1-2H3,(H2,31,32). The minimum absolute atomic E-state index is 0.140. The first kappa shape index (κ1) is 22.8. The summed E-state index contributed by atoms with van der Waals surface area (Å²) in [7, 11) is 0. The van der Waals surface area contributed by atoms with Crippen molar-refractivity contribution in [3.05, 3.63) is 90.5 Å². The highest BCUT2D eigenvalue weighted by molar-refractivity contribution is 9.11. The van der Waals surface area contributed by atoms with Crippen LogP contribution < -0.4 is 10.5 Å². The van der Waals surface area contributed by atoms with Crippen molar-refractivity contribution in [2.45, 2.75) is 20.5 Å². The van der Waals surface area contributed by atoms with E-state index in [4.69, 9.17) is 10.5 Å². The maximum atomic E-state index is 9.74. The molecule has 0 radical (unpaired) electrons. The van der Waals surface area contributed by atoms with Gasteiger partial charge in [-0.25, -0.2) is 4.98 Å². The number of pyridine rings is 1. The van der Waals surface area contributed by atoms with E-state index in [1.54, 1.807) is 0 Å². The molecule has 7 heteroatoms. The molecule has 3 aromatic rings. The van der Waals surface area contributed by atoms with Gasteiger partial charge in [0.15, 0.2) is 0 Å². The molecule has 0 bridgehead atoms. The second kappa shape index (κ2) is 9.23. The monoisotopic (exact) mass is 560 g/mol. The van der Waals surface area contributed by atoms with Crippen LogP contribution in [0.25, 0.3) is 17.2 Å². The molecule has 162 valence electrons. The molecule has 2 N–H and O–H groups in total. The average Bonchev–Trinajstić information content (AvgIpc) is 3.04. The quantitative estimate of drug-likeness (QED) is 0.378. The number of nitrogens with two attached hydrogens (primary N) is 1. The average molecular weight is 562 g/mol. The van der Waals surface area contributed by atoms with E-state index in [0.29, 0.717) is 29.2 Å². The molecule has 1 aromatic heterocycles. The van der Waals surface area contributed by atoms with Crippen LogP contribution in [0.1, 0.15) is 40.4 Å². The molecule has 1 heterocycles. The molecule has 0 unspecified atom stereocenters. The second-order valence-corrected chi connectivity index (χ2v) is 9.30. The third-order valence-corrected chi connectivity index (χ3v) is 6.72. The van der Waals surface area contributed by atoms with Crippen molar-refractivity contribution in [3.8, 4) is 17.9 Å². The predicted octanol–water partition coefficient (Wildman–Crippen LogP) is 6.80. The number of benzene rings is 2. The molecule has 33 heavy (non-hydrogen) atoms. The Morgan fingerprint density at radius 1 is 1.06 bits per heavy atom. The summed E-state index contributed by atoms with van der Waals surface area (Å²) >= 11 is 7.24. The van der Waals surface area contributed by atoms with Crippen LogP contribution in [0.3, 0.4) is 0 Å². The van der Waals surface area contributed by atoms with Gasteiger partial charge in [0, 0.05) is 5.56 Å². The van der Waals surface area contributed by atoms with Gasteiger partial charge in [0.25, 0.3) is 0 Å². The molecule has 0 saturated heterocycles. The molecule has 5 nitrogen and oxygen atoms in total. The number of hydrogen-bond donors (Lipinski definition) is 1. The Bertz CT molecular complexity index is 1400. The molecule has 1 aliphatic rings. The molecule has 0 aliphatic heterocycles. The van der Waals surface area contributed by atoms with Crippen molar-refractivity contribution in [1.82, 2.24) is 4.98 Å². The van der Waals surface area contributed by atoms with Crippen LogP contribution in [0.4, 0.5) is 5.82 Å². The van der Waals surface area contributed by atoms with E-state index in [9.17, 15) is 10.5 Å². The molecule has 0 atom stereocenters. The van der Waals surface area contributed by atoms with E-state index in [-0.39, 0.29) is 5.82 Å². The van der Waals surface area contributed by atoms with Gasteiger partial charge in [-0.15, -0.1) is 0 Å². The number of allylic oxidation sites excluding steroid dienone is 3. The van der Waals surface area contributed by atoms with E-state index in [0.717, 1.165) is 42.3 Å². The van der Waals surface area contributed by atoms with Gasteiger partial charge in [0.2, 0.25) is 0 Å². The van der Waals surface area contributed by atoms with Crippen LogP contribution in [-0.4, -0.2) is 4.98 Å². The Kier molecular flexibility index (Phi) is 6.37. The fourth-order valence-electron chi connectivity index (χ4n) is 3.89. The van der Waals surface area contributed by atoms with Crippen LogP contribution in [-0.2, 0) is 6.61 Å². The van der Waals surface area contributed by atoms with E-state index in [1.807, 2.05) is 62.4 Å². The Balaban J connectivity index is 1.76. The summed E-state index contributed by atoms with van der Waals surface area (Å²) in [6.45, 7) is 4.17. The lowest BCUT2D eigenvalue weighted by Crippen LogP contribution is -2.03. The lowest BCUT2D eigenvalue weighted by molar-refractivity contribution is 0.302. The van der Waals surface area contributed by atoms with Gasteiger partial charge in [-0.05, 0) is 91.8 Å². The first-order chi connectivity index (χ1) is 15.8. The van der Waals surface area contributed by atoms with Crippen molar-refractivity contribution in [1.29, 1.82) is 10.5 Å². The summed E-state index contributed by atoms with van der Waals surface area (Å²) in [6.07, 6.45) is 1.99. The fourth-order valence-corrected chi connectivity index (χ4v) is 5.34. The molecule has 0 fully saturated rings. The highest BCUT2D eigenvalue weighted by Gasteiger charge is 2.29. The third kappa shape index (κ3) is 4.18. The van der Waals surface area contributed by atoms with Crippen molar-refractivity contribution >= 4 is 54.9 Å². The highest BCUT2D eigenvalue weighted by Crippen LogP contribution is 2.45. The van der Waals surface area contributed by atoms with Crippen molar-refractivity contribution in [3.63, 3.8) is 0 Å². The Morgan fingerprint density at radius 2 is 1.73 bits per heavy atom. The molecular weight excluding hydrogens is 544 g/mol. The van der Waals surface area contributed by atoms with Crippen LogP contribution in [0.15, 0.2) is 57.0 Å². The van der Waals surface area contributed by atoms with E-state index in [2.05, 4.69) is 49.0 Å². The summed E-state index contributed by atoms with van der Waals surface area (Å²) in [5.74, 6) is 0.844. The van der Waals surface area contributed by atoms with Crippen molar-refractivity contribution in [2.24, 2.45) is 0 Å². The molecule has 0 amide bonds. The van der Waals surface area contributed by atoms with Crippen molar-refractivity contribution < 1.29 is 4.74 Å². The number of nitriles is 2. The molecule has 1 aliphatic carbocycles. The van der Waals surface area contributed by atoms with Crippen LogP contribution >= 0.6 is 31.9 Å². The maximum Gasteiger partial charge on any atom is 0.148 e. The summed E-state index contributed by atoms with van der Waals surface area (Å²) in [5, 5.41) is 19.3. The second-order valence-electron chi connectivity index (χ2n) is 7.59. The zero-order valence-electron chi connectivity index (χ0n) is 17.9. The lowest BCUT2D eigenvalue weighted by Gasteiger charge is -2.13. The minimum atomic E-state index is 0.140. The molecular formula is C26H18Br2N4O. The summed E-state index contributed by atoms with van der Waals surface area (Å²) < 4.78 is 7.62. The van der Waals surface area contributed by atoms with Crippen LogP contribution in [0.2, 0.25) is 0 Å². The Morgan fingerprint density at radius 3 is 2.33 bits per heavy atom. The molecule has 0 spiro atoms. The van der Waals surface area contributed by atoms with Crippen molar-refractivity contribution in [2.75, 3.05) is 5.73 Å². The highest BCUT2D eigenvalue weighted by atomic mass is 79.9. The largest absolute Gasteiger partial charge is 0.487 e. The topological polar surface area (TPSA) is 95.7 Å². The van der Waals surface area contributed by atoms with Gasteiger partial charge in [-0.2, -0.15) is 10.5 Å². The first-order valence-electron chi connectivity index (χ1n) is 10.1. The lowest BCUT2D eigenvalue weighted by atomic mass is 9.95. The van der Waals surface area contributed by atoms with E-state index < -0.39 is 0 Å². The number of fused-ring (bicyclic) bond motifs is 1. The number of rotatable bonds is 4. The third-order valence-electron chi connectivity index (χ3n) is 5.54. The summed E-state index contributed by atoms with van der Waals surface area (Å²) in [4.78, 5) is 4.38. The van der Waals surface area contributed by atoms with Crippen LogP contribution in [0, 0.1) is 29.6 Å². The number of anilines is 1. The predicted molar refractivity (Wildman–Crippen MR) is 137 cm³/mol. The zero-order chi connectivity index (χ0) is 23.7. The number of nitrogens with zero attached hydrogens (tertiary/aromatic N) is 3. The smallest absolute Gasteiger partial charge is 0.148 e. The van der Waals surface area contributed by atoms with Gasteiger partial charge in [-0.1, -0.05) is 30.3 Å². The van der Waals surface area contributed by atoms with E-state index in [1.165, 1.54) is 0 Å². The van der Waals surface area contributed by atoms with Gasteiger partial charge < -0.3 is 10.5 Å². The number of hydrogen-bond acceptors (Lipinski definition) is 5. The summed E-state index contributed by atoms with van der Waals surface area (Å²) in [6, 6.07) is 18.2. The molecule has 2 aromatic carbocycles. The van der Waals surface area contributed by atoms with Gasteiger partial charge >= 0.3 is 0 Å². The Labute approximate surface area is 209 Å². The Hall–Kier alpha value is -3.39. The zero-order valence-corrected chi connectivity index (χ0v) is 21.1. The maximum absolute atomic E-state index is 9.74. The van der Waals surface area contributed by atoms with Gasteiger partial charge in [0.1, 0.15) is 30.3 Å². The normalized spacial score (nSPS) is 13.6. The first-order valence-corrected chi connectivity index (χ1v) is 11.6. The van der Waals surface area contributed by atoms with Gasteiger partial charge in [0.05, 0.1) is 25.8 Å². The SMILES string of the molecule is CC1=C(C#N)c2nc(N)c(C#N)c(C)c2C1=Cc1cc(Br)c(OCc2ccccc2)c(Br)c1. The van der Waals surface area contributed by atoms with E-state index >= 15 is 0 Å². The fraction of sp³-hybridized carbons (Fsp3) is 0.115. The number of ether oxygens (including phenoxy) is 1. The van der Waals surface area contributed by atoms with Gasteiger partial charge in [-0.3, -0.25) is 0 Å². The number of aromatic nitrogens is 1. The molecule has 4 rings (SSSR count). The van der Waals surface area contributed by atoms with Crippen LogP contribution in [0.5, 0.6) is 5.75 Å².